The Morgan fingerprint density at radius 2 is 1.65 bits per heavy atom. The van der Waals surface area contributed by atoms with Crippen LogP contribution in [-0.2, 0) is 16.1 Å². The second-order valence-electron chi connectivity index (χ2n) is 9.07. The van der Waals surface area contributed by atoms with E-state index >= 15 is 0 Å². The third-order valence-corrected chi connectivity index (χ3v) is 6.15. The van der Waals surface area contributed by atoms with Crippen molar-refractivity contribution in [2.45, 2.75) is 122 Å². The van der Waals surface area contributed by atoms with Crippen molar-refractivity contribution in [1.29, 1.82) is 0 Å². The van der Waals surface area contributed by atoms with Crippen molar-refractivity contribution < 1.29 is 28.5 Å². The van der Waals surface area contributed by atoms with Crippen LogP contribution in [0.5, 0.6) is 0 Å². The maximum absolute atomic E-state index is 13.4. The van der Waals surface area contributed by atoms with E-state index < -0.39 is 12.0 Å². The van der Waals surface area contributed by atoms with Gasteiger partial charge in [0.15, 0.2) is 0 Å². The van der Waals surface area contributed by atoms with E-state index in [1.54, 1.807) is 0 Å². The molecule has 0 heterocycles. The van der Waals surface area contributed by atoms with Gasteiger partial charge < -0.3 is 14.9 Å². The zero-order valence-corrected chi connectivity index (χ0v) is 21.6. The van der Waals surface area contributed by atoms with E-state index in [0.717, 1.165) is 51.2 Å². The Morgan fingerprint density at radius 3 is 2.24 bits per heavy atom. The molecule has 0 spiro atoms. The summed E-state index contributed by atoms with van der Waals surface area (Å²) in [6.45, 7) is 4.45. The van der Waals surface area contributed by atoms with Gasteiger partial charge in [-0.3, -0.25) is 4.79 Å². The first-order valence-corrected chi connectivity index (χ1v) is 13.1. The van der Waals surface area contributed by atoms with Crippen molar-refractivity contribution in [2.24, 2.45) is 5.92 Å². The van der Waals surface area contributed by atoms with Crippen LogP contribution in [0.4, 0.5) is 8.78 Å². The summed E-state index contributed by atoms with van der Waals surface area (Å²) in [7, 11) is 1.00. The van der Waals surface area contributed by atoms with E-state index in [2.05, 4.69) is 6.92 Å². The van der Waals surface area contributed by atoms with Crippen LogP contribution in [-0.4, -0.2) is 35.3 Å². The van der Waals surface area contributed by atoms with Crippen LogP contribution >= 0.6 is 0 Å². The number of aliphatic hydroxyl groups is 2. The van der Waals surface area contributed by atoms with Crippen LogP contribution in [0.3, 0.4) is 0 Å². The van der Waals surface area contributed by atoms with Crippen LogP contribution in [0.1, 0.15) is 109 Å². The van der Waals surface area contributed by atoms with Gasteiger partial charge in [0.1, 0.15) is 12.7 Å². The number of rotatable bonds is 14. The van der Waals surface area contributed by atoms with Gasteiger partial charge in [0.25, 0.3) is 5.92 Å². The molecule has 0 aromatic heterocycles. The molecule has 0 amide bonds. The first kappa shape index (κ1) is 32.5. The molecule has 1 fully saturated rings. The average Bonchev–Trinajstić information content (AvgIpc) is 3.39. The van der Waals surface area contributed by atoms with Gasteiger partial charge >= 0.3 is 5.97 Å². The number of ether oxygens (including phenoxy) is 1. The van der Waals surface area contributed by atoms with E-state index in [1.165, 1.54) is 25.7 Å². The minimum Gasteiger partial charge on any atom is -0.461 e. The lowest BCUT2D eigenvalue weighted by Crippen LogP contribution is -2.33. The Morgan fingerprint density at radius 1 is 1.03 bits per heavy atom. The number of esters is 1. The van der Waals surface area contributed by atoms with Crippen LogP contribution in [0, 0.1) is 5.92 Å². The summed E-state index contributed by atoms with van der Waals surface area (Å²) in [5.74, 6) is -2.38. The quantitative estimate of drug-likeness (QED) is 0.212. The van der Waals surface area contributed by atoms with Gasteiger partial charge in [-0.25, -0.2) is 8.78 Å². The fraction of sp³-hybridized carbons (Fsp3) is 0.750. The highest BCUT2D eigenvalue weighted by molar-refractivity contribution is 5.69. The number of alkyl halides is 2. The van der Waals surface area contributed by atoms with Crippen LogP contribution in [0.2, 0.25) is 0 Å². The predicted octanol–water partition coefficient (Wildman–Crippen LogP) is 7.45. The van der Waals surface area contributed by atoms with Crippen LogP contribution in [0.15, 0.2) is 30.3 Å². The lowest BCUT2D eigenvalue weighted by molar-refractivity contribution is -0.145. The zero-order valence-electron chi connectivity index (χ0n) is 21.6. The average molecular weight is 487 g/mol. The van der Waals surface area contributed by atoms with Gasteiger partial charge in [-0.1, -0.05) is 95.5 Å². The molecule has 2 rings (SSSR count). The molecule has 1 saturated carbocycles. The number of hydrogen-bond donors (Lipinski definition) is 2. The Bertz CT molecular complexity index is 589. The summed E-state index contributed by atoms with van der Waals surface area (Å²) in [6.07, 6.45) is 10.5. The third kappa shape index (κ3) is 16.2. The summed E-state index contributed by atoms with van der Waals surface area (Å²) < 4.78 is 32.0. The molecule has 34 heavy (non-hydrogen) atoms. The minimum absolute atomic E-state index is 0.0834. The topological polar surface area (TPSA) is 66.8 Å². The standard InChI is InChI=1S/C14H20O2.C13H24F2O.CH4O/c1-2-3-4-8-11-14(15)16-12-13-9-6-5-7-10-13;1-2-3-10-13(14,15)12(16)9-8-11-6-4-5-7-11;1-2/h5-7,9-10H,2-4,8,11-12H2,1H3;11-12,16H,2-10H2,1H3;2H,1H3. The molecular weight excluding hydrogens is 438 g/mol. The summed E-state index contributed by atoms with van der Waals surface area (Å²) in [5, 5.41) is 16.5. The lowest BCUT2D eigenvalue weighted by Gasteiger charge is -2.23. The van der Waals surface area contributed by atoms with Crippen molar-refractivity contribution in [2.75, 3.05) is 7.11 Å². The summed E-state index contributed by atoms with van der Waals surface area (Å²) in [4.78, 5) is 11.4. The summed E-state index contributed by atoms with van der Waals surface area (Å²) in [6, 6.07) is 9.78. The highest BCUT2D eigenvalue weighted by atomic mass is 19.3. The molecule has 0 bridgehead atoms. The second kappa shape index (κ2) is 20.8. The van der Waals surface area contributed by atoms with Crippen LogP contribution in [0.25, 0.3) is 0 Å². The molecule has 1 atom stereocenters. The largest absolute Gasteiger partial charge is 0.461 e. The molecule has 1 aliphatic rings. The molecule has 0 saturated heterocycles. The minimum atomic E-state index is -2.88. The van der Waals surface area contributed by atoms with Gasteiger partial charge in [0, 0.05) is 20.0 Å². The molecule has 1 aromatic carbocycles. The third-order valence-electron chi connectivity index (χ3n) is 6.15. The fourth-order valence-corrected chi connectivity index (χ4v) is 3.99. The van der Waals surface area contributed by atoms with E-state index in [0.29, 0.717) is 25.4 Å². The van der Waals surface area contributed by atoms with Gasteiger partial charge in [-0.2, -0.15) is 0 Å². The number of halogens is 2. The monoisotopic (exact) mass is 486 g/mol. The van der Waals surface area contributed by atoms with E-state index in [-0.39, 0.29) is 18.8 Å². The van der Waals surface area contributed by atoms with Crippen LogP contribution < -0.4 is 0 Å². The molecule has 1 aromatic rings. The molecule has 1 unspecified atom stereocenters. The fourth-order valence-electron chi connectivity index (χ4n) is 3.99. The molecule has 2 N–H and O–H groups in total. The van der Waals surface area contributed by atoms with E-state index in [9.17, 15) is 18.7 Å². The predicted molar refractivity (Wildman–Crippen MR) is 135 cm³/mol. The molecule has 4 nitrogen and oxygen atoms in total. The maximum atomic E-state index is 13.4. The number of carbonyl (C=O) groups is 1. The number of unbranched alkanes of at least 4 members (excludes halogenated alkanes) is 4. The molecule has 0 aliphatic heterocycles. The first-order chi connectivity index (χ1) is 16.4. The van der Waals surface area contributed by atoms with Gasteiger partial charge in [0.05, 0.1) is 0 Å². The highest BCUT2D eigenvalue weighted by Gasteiger charge is 2.37. The van der Waals surface area contributed by atoms with Gasteiger partial charge in [-0.15, -0.1) is 0 Å². The number of carbonyl (C=O) groups excluding carboxylic acids is 1. The molecule has 6 heteroatoms. The Balaban J connectivity index is 0.000000597. The second-order valence-corrected chi connectivity index (χ2v) is 9.07. The highest BCUT2D eigenvalue weighted by Crippen LogP contribution is 2.33. The van der Waals surface area contributed by atoms with Crippen molar-refractivity contribution in [3.63, 3.8) is 0 Å². The Hall–Kier alpha value is -1.53. The molecule has 198 valence electrons. The maximum Gasteiger partial charge on any atom is 0.306 e. The molecule has 1 aliphatic carbocycles. The normalized spacial score (nSPS) is 14.4. The molecule has 0 radical (unpaired) electrons. The van der Waals surface area contributed by atoms with Crippen molar-refractivity contribution in [3.05, 3.63) is 35.9 Å². The van der Waals surface area contributed by atoms with E-state index in [1.807, 2.05) is 37.3 Å². The summed E-state index contributed by atoms with van der Waals surface area (Å²) >= 11 is 0. The SMILES string of the molecule is CCCCC(F)(F)C(O)CCC1CCCC1.CCCCCCC(=O)OCc1ccccc1.CO. The van der Waals surface area contributed by atoms with Gasteiger partial charge in [0.2, 0.25) is 0 Å². The first-order valence-electron chi connectivity index (χ1n) is 13.1. The summed E-state index contributed by atoms with van der Waals surface area (Å²) in [5.41, 5.74) is 1.05. The van der Waals surface area contributed by atoms with Crippen molar-refractivity contribution >= 4 is 5.97 Å². The lowest BCUT2D eigenvalue weighted by atomic mass is 9.95. The van der Waals surface area contributed by atoms with Gasteiger partial charge in [-0.05, 0) is 37.2 Å². The zero-order chi connectivity index (χ0) is 25.7. The number of aliphatic hydroxyl groups excluding tert-OH is 2. The Kier molecular flexibility index (Phi) is 19.9. The van der Waals surface area contributed by atoms with E-state index in [4.69, 9.17) is 9.84 Å². The number of benzene rings is 1. The van der Waals surface area contributed by atoms with Crippen molar-refractivity contribution in [1.82, 2.24) is 0 Å². The number of hydrogen-bond acceptors (Lipinski definition) is 4. The Labute approximate surface area is 206 Å². The van der Waals surface area contributed by atoms with Crippen molar-refractivity contribution in [3.8, 4) is 0 Å². The smallest absolute Gasteiger partial charge is 0.306 e. The molecular formula is C28H48F2O4.